The molecule has 0 saturated heterocycles. The van der Waals surface area contributed by atoms with E-state index in [1.54, 1.807) is 4.90 Å². The Labute approximate surface area is 114 Å². The van der Waals surface area contributed by atoms with Gasteiger partial charge in [0.05, 0.1) is 0 Å². The molecule has 0 radical (unpaired) electrons. The fourth-order valence-electron chi connectivity index (χ4n) is 5.33. The van der Waals surface area contributed by atoms with Crippen LogP contribution in [-0.4, -0.2) is 35.0 Å². The van der Waals surface area contributed by atoms with E-state index in [-0.39, 0.29) is 17.9 Å². The minimum absolute atomic E-state index is 0.0989. The zero-order valence-corrected chi connectivity index (χ0v) is 11.6. The number of hydrogen-bond donors (Lipinski definition) is 1. The van der Waals surface area contributed by atoms with Gasteiger partial charge in [-0.25, -0.2) is 0 Å². The number of carboxylic acid groups (broad SMARTS) is 1. The maximum absolute atomic E-state index is 11.7. The van der Waals surface area contributed by atoms with Gasteiger partial charge in [0.2, 0.25) is 5.91 Å². The van der Waals surface area contributed by atoms with E-state index in [4.69, 9.17) is 5.11 Å². The molecule has 4 saturated carbocycles. The number of carbonyl (C=O) groups is 2. The second-order valence-electron chi connectivity index (χ2n) is 7.19. The number of amides is 1. The third kappa shape index (κ3) is 2.49. The molecular weight excluding hydrogens is 242 g/mol. The molecule has 0 aromatic heterocycles. The molecule has 0 unspecified atom stereocenters. The highest BCUT2D eigenvalue weighted by Crippen LogP contribution is 2.60. The van der Waals surface area contributed by atoms with Crippen LogP contribution in [0.2, 0.25) is 0 Å². The lowest BCUT2D eigenvalue weighted by atomic mass is 9.49. The Balaban J connectivity index is 1.74. The summed E-state index contributed by atoms with van der Waals surface area (Å²) in [6.45, 7) is 2.01. The summed E-state index contributed by atoms with van der Waals surface area (Å²) in [4.78, 5) is 24.1. The van der Waals surface area contributed by atoms with E-state index in [9.17, 15) is 9.59 Å². The highest BCUT2D eigenvalue weighted by molar-refractivity contribution is 5.79. The molecule has 0 aromatic carbocycles. The summed E-state index contributed by atoms with van der Waals surface area (Å²) in [6, 6.07) is 0. The minimum atomic E-state index is -0.903. The highest BCUT2D eigenvalue weighted by Gasteiger charge is 2.51. The molecule has 4 aliphatic carbocycles. The topological polar surface area (TPSA) is 57.6 Å². The van der Waals surface area contributed by atoms with E-state index in [1.807, 2.05) is 0 Å². The van der Waals surface area contributed by atoms with Crippen LogP contribution < -0.4 is 0 Å². The van der Waals surface area contributed by atoms with Gasteiger partial charge in [0.15, 0.2) is 0 Å². The van der Waals surface area contributed by atoms with Gasteiger partial charge in [0.25, 0.3) is 0 Å². The van der Waals surface area contributed by atoms with Crippen molar-refractivity contribution in [1.82, 2.24) is 4.90 Å². The van der Waals surface area contributed by atoms with E-state index >= 15 is 0 Å². The number of rotatable bonds is 4. The summed E-state index contributed by atoms with van der Waals surface area (Å²) in [5.74, 6) is 1.51. The van der Waals surface area contributed by atoms with Crippen molar-refractivity contribution in [2.75, 3.05) is 13.1 Å². The maximum Gasteiger partial charge on any atom is 0.323 e. The third-order valence-electron chi connectivity index (χ3n) is 5.46. The molecule has 4 aliphatic rings. The van der Waals surface area contributed by atoms with Crippen molar-refractivity contribution in [2.45, 2.75) is 45.4 Å². The summed E-state index contributed by atoms with van der Waals surface area (Å²) in [6.07, 6.45) is 7.75. The SMILES string of the molecule is CC(=O)N(CC(=O)O)CC12CC3CC(CC(C3)C1)C2. The monoisotopic (exact) mass is 265 g/mol. The zero-order valence-electron chi connectivity index (χ0n) is 11.6. The van der Waals surface area contributed by atoms with Crippen LogP contribution >= 0.6 is 0 Å². The lowest BCUT2D eigenvalue weighted by molar-refractivity contribution is -0.147. The van der Waals surface area contributed by atoms with Crippen LogP contribution in [0, 0.1) is 23.2 Å². The Morgan fingerprint density at radius 3 is 1.95 bits per heavy atom. The number of nitrogens with zero attached hydrogens (tertiary/aromatic N) is 1. The second-order valence-corrected chi connectivity index (χ2v) is 7.19. The van der Waals surface area contributed by atoms with Crippen LogP contribution in [0.3, 0.4) is 0 Å². The van der Waals surface area contributed by atoms with Gasteiger partial charge in [-0.1, -0.05) is 0 Å². The molecule has 1 N–H and O–H groups in total. The zero-order chi connectivity index (χ0) is 13.6. The summed E-state index contributed by atoms with van der Waals surface area (Å²) in [5.41, 5.74) is 0.232. The fourth-order valence-corrected chi connectivity index (χ4v) is 5.33. The van der Waals surface area contributed by atoms with Gasteiger partial charge in [-0.3, -0.25) is 9.59 Å². The first-order valence-electron chi connectivity index (χ1n) is 7.43. The van der Waals surface area contributed by atoms with Gasteiger partial charge >= 0.3 is 5.97 Å². The van der Waals surface area contributed by atoms with E-state index in [2.05, 4.69) is 0 Å². The van der Waals surface area contributed by atoms with Gasteiger partial charge in [0.1, 0.15) is 6.54 Å². The van der Waals surface area contributed by atoms with Crippen molar-refractivity contribution >= 4 is 11.9 Å². The third-order valence-corrected chi connectivity index (χ3v) is 5.46. The van der Waals surface area contributed by atoms with Crippen LogP contribution in [-0.2, 0) is 9.59 Å². The first-order valence-corrected chi connectivity index (χ1v) is 7.43. The smallest absolute Gasteiger partial charge is 0.323 e. The largest absolute Gasteiger partial charge is 0.480 e. The van der Waals surface area contributed by atoms with Gasteiger partial charge in [-0.15, -0.1) is 0 Å². The van der Waals surface area contributed by atoms with Crippen LogP contribution in [0.4, 0.5) is 0 Å². The normalized spacial score (nSPS) is 39.3. The minimum Gasteiger partial charge on any atom is -0.480 e. The van der Waals surface area contributed by atoms with Crippen molar-refractivity contribution in [3.8, 4) is 0 Å². The van der Waals surface area contributed by atoms with Gasteiger partial charge in [-0.2, -0.15) is 0 Å². The summed E-state index contributed by atoms with van der Waals surface area (Å²) in [7, 11) is 0. The molecule has 4 rings (SSSR count). The van der Waals surface area contributed by atoms with E-state index in [0.29, 0.717) is 6.54 Å². The van der Waals surface area contributed by atoms with Gasteiger partial charge < -0.3 is 10.0 Å². The molecule has 0 heterocycles. The molecule has 0 atom stereocenters. The molecule has 4 fully saturated rings. The lowest BCUT2D eigenvalue weighted by Crippen LogP contribution is -2.52. The molecular formula is C15H23NO3. The molecule has 4 bridgehead atoms. The second kappa shape index (κ2) is 4.50. The molecule has 1 amide bonds. The standard InChI is InChI=1S/C15H23NO3/c1-10(17)16(8-14(18)19)9-15-5-11-2-12(6-15)4-13(3-11)7-15/h11-13H,2-9H2,1H3,(H,18,19). The van der Waals surface area contributed by atoms with Crippen LogP contribution in [0.1, 0.15) is 45.4 Å². The quantitative estimate of drug-likeness (QED) is 0.847. The molecule has 106 valence electrons. The van der Waals surface area contributed by atoms with E-state index in [0.717, 1.165) is 17.8 Å². The lowest BCUT2D eigenvalue weighted by Gasteiger charge is -2.57. The first kappa shape index (κ1) is 12.9. The Kier molecular flexibility index (Phi) is 3.06. The van der Waals surface area contributed by atoms with Crippen molar-refractivity contribution < 1.29 is 14.7 Å². The average Bonchev–Trinajstić information content (AvgIpc) is 2.24. The van der Waals surface area contributed by atoms with Crippen molar-refractivity contribution in [2.24, 2.45) is 23.2 Å². The molecule has 19 heavy (non-hydrogen) atoms. The van der Waals surface area contributed by atoms with Crippen LogP contribution in [0.5, 0.6) is 0 Å². The van der Waals surface area contributed by atoms with Crippen LogP contribution in [0.25, 0.3) is 0 Å². The molecule has 4 heteroatoms. The molecule has 4 nitrogen and oxygen atoms in total. The number of carboxylic acids is 1. The fraction of sp³-hybridized carbons (Fsp3) is 0.867. The predicted molar refractivity (Wildman–Crippen MR) is 70.5 cm³/mol. The Hall–Kier alpha value is -1.06. The molecule has 0 spiro atoms. The Morgan fingerprint density at radius 2 is 1.58 bits per heavy atom. The van der Waals surface area contributed by atoms with E-state index in [1.165, 1.54) is 45.4 Å². The van der Waals surface area contributed by atoms with E-state index < -0.39 is 5.97 Å². The predicted octanol–water partition coefficient (Wildman–Crippen LogP) is 2.14. The summed E-state index contributed by atoms with van der Waals surface area (Å²) >= 11 is 0. The van der Waals surface area contributed by atoms with Gasteiger partial charge in [-0.05, 0) is 61.7 Å². The Bertz CT molecular complexity index is 369. The first-order chi connectivity index (χ1) is 8.96. The Morgan fingerprint density at radius 1 is 1.11 bits per heavy atom. The van der Waals surface area contributed by atoms with Gasteiger partial charge in [0, 0.05) is 13.5 Å². The number of aliphatic carboxylic acids is 1. The number of carbonyl (C=O) groups excluding carboxylic acids is 1. The van der Waals surface area contributed by atoms with Crippen molar-refractivity contribution in [3.63, 3.8) is 0 Å². The van der Waals surface area contributed by atoms with Crippen molar-refractivity contribution in [3.05, 3.63) is 0 Å². The van der Waals surface area contributed by atoms with Crippen molar-refractivity contribution in [1.29, 1.82) is 0 Å². The number of hydrogen-bond acceptors (Lipinski definition) is 2. The highest BCUT2D eigenvalue weighted by atomic mass is 16.4. The summed E-state index contributed by atoms with van der Waals surface area (Å²) in [5, 5.41) is 8.95. The average molecular weight is 265 g/mol. The molecule has 0 aromatic rings. The molecule has 0 aliphatic heterocycles. The van der Waals surface area contributed by atoms with Crippen LogP contribution in [0.15, 0.2) is 0 Å². The summed E-state index contributed by atoms with van der Waals surface area (Å²) < 4.78 is 0. The maximum atomic E-state index is 11.7.